The molecule has 1 saturated heterocycles. The van der Waals surface area contributed by atoms with Crippen LogP contribution in [0.1, 0.15) is 38.1 Å². The van der Waals surface area contributed by atoms with E-state index < -0.39 is 30.5 Å². The maximum atomic E-state index is 13.9. The highest BCUT2D eigenvalue weighted by Gasteiger charge is 2.49. The molecule has 176 valence electrons. The fourth-order valence-electron chi connectivity index (χ4n) is 4.34. The number of thioether (sulfide) groups is 1. The monoisotopic (exact) mass is 480 g/mol. The van der Waals surface area contributed by atoms with Crippen molar-refractivity contribution in [3.63, 3.8) is 0 Å². The van der Waals surface area contributed by atoms with Gasteiger partial charge in [0, 0.05) is 19.1 Å². The number of benzene rings is 1. The van der Waals surface area contributed by atoms with Crippen molar-refractivity contribution in [2.75, 3.05) is 34.0 Å². The van der Waals surface area contributed by atoms with Crippen molar-refractivity contribution in [1.29, 1.82) is 0 Å². The molecule has 2 fully saturated rings. The van der Waals surface area contributed by atoms with Gasteiger partial charge in [-0.25, -0.2) is 0 Å². The van der Waals surface area contributed by atoms with E-state index in [0.29, 0.717) is 10.1 Å². The summed E-state index contributed by atoms with van der Waals surface area (Å²) in [6, 6.07) is 4.07. The van der Waals surface area contributed by atoms with Gasteiger partial charge in [-0.2, -0.15) is 13.2 Å². The molecule has 1 aromatic carbocycles. The highest BCUT2D eigenvalue weighted by Crippen LogP contribution is 2.42. The van der Waals surface area contributed by atoms with Gasteiger partial charge in [-0.05, 0) is 37.8 Å². The van der Waals surface area contributed by atoms with E-state index in [-0.39, 0.29) is 23.2 Å². The van der Waals surface area contributed by atoms with Crippen LogP contribution in [0.4, 0.5) is 30.5 Å². The Bertz CT molecular complexity index is 1060. The van der Waals surface area contributed by atoms with Gasteiger partial charge in [-0.1, -0.05) is 23.9 Å². The molecule has 8 nitrogen and oxygen atoms in total. The molecule has 2 aromatic rings. The smallest absolute Gasteiger partial charge is 0.341 e. The number of rotatable bonds is 5. The van der Waals surface area contributed by atoms with Crippen molar-refractivity contribution < 1.29 is 22.8 Å². The van der Waals surface area contributed by atoms with Crippen LogP contribution in [0.15, 0.2) is 29.4 Å². The fourth-order valence-corrected chi connectivity index (χ4v) is 5.20. The van der Waals surface area contributed by atoms with Crippen molar-refractivity contribution in [1.82, 2.24) is 14.8 Å². The Hall–Kier alpha value is -2.76. The largest absolute Gasteiger partial charge is 0.409 e. The molecule has 1 atom stereocenters. The van der Waals surface area contributed by atoms with Gasteiger partial charge in [-0.15, -0.1) is 10.2 Å². The Morgan fingerprint density at radius 3 is 2.58 bits per heavy atom. The number of carbonyl (C=O) groups is 2. The van der Waals surface area contributed by atoms with Gasteiger partial charge in [0.2, 0.25) is 17.8 Å². The number of anilines is 3. The molecule has 3 heterocycles. The minimum Gasteiger partial charge on any atom is -0.341 e. The van der Waals surface area contributed by atoms with E-state index in [1.54, 1.807) is 12.1 Å². The topological polar surface area (TPSA) is 83.4 Å². The quantitative estimate of drug-likeness (QED) is 0.659. The first-order valence-electron chi connectivity index (χ1n) is 10.9. The molecular formula is C21H23F3N6O2S. The van der Waals surface area contributed by atoms with E-state index in [1.807, 2.05) is 4.57 Å². The van der Waals surface area contributed by atoms with Gasteiger partial charge in [-0.3, -0.25) is 19.1 Å². The summed E-state index contributed by atoms with van der Waals surface area (Å²) in [5, 5.41) is 11.6. The maximum Gasteiger partial charge on any atom is 0.409 e. The van der Waals surface area contributed by atoms with Crippen molar-refractivity contribution in [3.05, 3.63) is 24.3 Å². The summed E-state index contributed by atoms with van der Waals surface area (Å²) < 4.78 is 43.7. The molecule has 2 aliphatic heterocycles. The maximum absolute atomic E-state index is 13.9. The molecule has 1 saturated carbocycles. The van der Waals surface area contributed by atoms with Crippen LogP contribution < -0.4 is 15.1 Å². The lowest BCUT2D eigenvalue weighted by Gasteiger charge is -2.31. The van der Waals surface area contributed by atoms with Gasteiger partial charge in [0.15, 0.2) is 5.16 Å². The molecule has 2 amide bonds. The summed E-state index contributed by atoms with van der Waals surface area (Å²) in [7, 11) is 0. The van der Waals surface area contributed by atoms with E-state index in [1.165, 1.54) is 12.1 Å². The number of hydrogen-bond acceptors (Lipinski definition) is 6. The molecule has 12 heteroatoms. The lowest BCUT2D eigenvalue weighted by atomic mass is 10.1. The zero-order chi connectivity index (χ0) is 23.2. The van der Waals surface area contributed by atoms with Crippen molar-refractivity contribution in [3.8, 4) is 0 Å². The summed E-state index contributed by atoms with van der Waals surface area (Å²) >= 11 is 1.09. The number of aromatic nitrogens is 3. The van der Waals surface area contributed by atoms with Crippen LogP contribution >= 0.6 is 11.8 Å². The highest BCUT2D eigenvalue weighted by atomic mass is 32.2. The summed E-state index contributed by atoms with van der Waals surface area (Å²) in [5.74, 6) is -0.996. The second-order valence-corrected chi connectivity index (χ2v) is 9.40. The zero-order valence-electron chi connectivity index (χ0n) is 17.7. The third-order valence-electron chi connectivity index (χ3n) is 6.05. The normalized spacial score (nSPS) is 21.1. The molecule has 1 unspecified atom stereocenters. The Balaban J connectivity index is 1.41. The predicted octanol–water partition coefficient (Wildman–Crippen LogP) is 3.61. The summed E-state index contributed by atoms with van der Waals surface area (Å²) in [5.41, 5.74) is 0.225. The number of halogens is 3. The van der Waals surface area contributed by atoms with Crippen LogP contribution in [0.2, 0.25) is 0 Å². The minimum atomic E-state index is -4.76. The van der Waals surface area contributed by atoms with Crippen LogP contribution in [0.5, 0.6) is 0 Å². The third kappa shape index (κ3) is 4.40. The van der Waals surface area contributed by atoms with Crippen LogP contribution in [-0.2, 0) is 9.59 Å². The highest BCUT2D eigenvalue weighted by molar-refractivity contribution is 7.99. The van der Waals surface area contributed by atoms with Crippen LogP contribution in [0.25, 0.3) is 0 Å². The van der Waals surface area contributed by atoms with E-state index in [0.717, 1.165) is 56.5 Å². The SMILES string of the molecule is O=C1CC(C(F)(F)F)N(C(=O)CSc2nnc(N3CCCC3)n2C2CC2)c2ccccc2N1. The van der Waals surface area contributed by atoms with Gasteiger partial charge in [0.1, 0.15) is 6.04 Å². The van der Waals surface area contributed by atoms with Crippen molar-refractivity contribution in [2.45, 2.75) is 55.5 Å². The molecule has 1 aromatic heterocycles. The molecule has 0 radical (unpaired) electrons. The Kier molecular flexibility index (Phi) is 5.71. The average molecular weight is 481 g/mol. The number of fused-ring (bicyclic) bond motifs is 1. The summed E-state index contributed by atoms with van der Waals surface area (Å²) in [4.78, 5) is 28.2. The third-order valence-corrected chi connectivity index (χ3v) is 6.97. The molecule has 0 bridgehead atoms. The Morgan fingerprint density at radius 2 is 1.88 bits per heavy atom. The lowest BCUT2D eigenvalue weighted by molar-refractivity contribution is -0.157. The van der Waals surface area contributed by atoms with E-state index >= 15 is 0 Å². The Morgan fingerprint density at radius 1 is 1.15 bits per heavy atom. The zero-order valence-corrected chi connectivity index (χ0v) is 18.5. The number of nitrogens with zero attached hydrogens (tertiary/aromatic N) is 5. The lowest BCUT2D eigenvalue weighted by Crippen LogP contribution is -2.50. The number of amides is 2. The van der Waals surface area contributed by atoms with Gasteiger partial charge in [0.05, 0.1) is 23.5 Å². The number of nitrogens with one attached hydrogen (secondary N) is 1. The van der Waals surface area contributed by atoms with Gasteiger partial charge in [0.25, 0.3) is 0 Å². The molecular weight excluding hydrogens is 457 g/mol. The van der Waals surface area contributed by atoms with Crippen molar-refractivity contribution >= 4 is 40.9 Å². The fraction of sp³-hybridized carbons (Fsp3) is 0.524. The van der Waals surface area contributed by atoms with E-state index in [2.05, 4.69) is 20.4 Å². The molecule has 3 aliphatic rings. The summed E-state index contributed by atoms with van der Waals surface area (Å²) in [6.07, 6.45) is -1.47. The molecule has 33 heavy (non-hydrogen) atoms. The summed E-state index contributed by atoms with van der Waals surface area (Å²) in [6.45, 7) is 1.79. The van der Waals surface area contributed by atoms with E-state index in [4.69, 9.17) is 0 Å². The number of para-hydroxylation sites is 2. The first kappa shape index (κ1) is 22.1. The predicted molar refractivity (Wildman–Crippen MR) is 117 cm³/mol. The van der Waals surface area contributed by atoms with Gasteiger partial charge >= 0.3 is 6.18 Å². The van der Waals surface area contributed by atoms with Crippen LogP contribution in [-0.4, -0.2) is 57.6 Å². The minimum absolute atomic E-state index is 0.0395. The second kappa shape index (κ2) is 8.54. The Labute approximate surface area is 192 Å². The first-order chi connectivity index (χ1) is 15.8. The molecule has 5 rings (SSSR count). The van der Waals surface area contributed by atoms with Crippen molar-refractivity contribution in [2.24, 2.45) is 0 Å². The average Bonchev–Trinajstić information content (AvgIpc) is 3.33. The number of carbonyl (C=O) groups excluding carboxylic acids is 2. The first-order valence-corrected chi connectivity index (χ1v) is 11.9. The number of hydrogen-bond donors (Lipinski definition) is 1. The van der Waals surface area contributed by atoms with Crippen LogP contribution in [0.3, 0.4) is 0 Å². The second-order valence-electron chi connectivity index (χ2n) is 8.46. The van der Waals surface area contributed by atoms with Gasteiger partial charge < -0.3 is 10.2 Å². The number of alkyl halides is 3. The standard InChI is InChI=1S/C21H23F3N6O2S/c22-21(23,24)16-11-17(31)25-14-5-1-2-6-15(14)30(16)18(32)12-33-20-27-26-19(28-9-3-4-10-28)29(20)13-7-8-13/h1-2,5-6,13,16H,3-4,7-12H2,(H,25,31). The van der Waals surface area contributed by atoms with E-state index in [9.17, 15) is 22.8 Å². The molecule has 1 N–H and O–H groups in total. The molecule has 1 aliphatic carbocycles. The molecule has 0 spiro atoms. The van der Waals surface area contributed by atoms with Crippen LogP contribution in [0, 0.1) is 0 Å².